The van der Waals surface area contributed by atoms with Crippen LogP contribution in [0.4, 0.5) is 0 Å². The maximum absolute atomic E-state index is 11.9. The summed E-state index contributed by atoms with van der Waals surface area (Å²) in [7, 11) is 0. The molecule has 29 heavy (non-hydrogen) atoms. The van der Waals surface area contributed by atoms with Crippen LogP contribution in [0.1, 0.15) is 50.9 Å². The van der Waals surface area contributed by atoms with Gasteiger partial charge in [-0.1, -0.05) is 6.92 Å². The fourth-order valence-corrected chi connectivity index (χ4v) is 5.40. The Morgan fingerprint density at radius 3 is 2.66 bits per heavy atom. The zero-order chi connectivity index (χ0) is 20.5. The van der Waals surface area contributed by atoms with Crippen molar-refractivity contribution in [3.63, 3.8) is 0 Å². The Hall–Kier alpha value is -2.07. The Bertz CT molecular complexity index is 755. The molecule has 3 N–H and O–H groups in total. The normalized spacial score (nSPS) is 35.3. The molecule has 1 aromatic heterocycles. The monoisotopic (exact) mass is 406 g/mol. The molecule has 3 aliphatic rings. The molecule has 0 aromatic carbocycles. The number of nitrogens with zero attached hydrogens (tertiary/aromatic N) is 5. The van der Waals surface area contributed by atoms with Gasteiger partial charge in [0.2, 0.25) is 0 Å². The summed E-state index contributed by atoms with van der Waals surface area (Å²) < 4.78 is 0. The van der Waals surface area contributed by atoms with Gasteiger partial charge in [0.1, 0.15) is 12.1 Å². The van der Waals surface area contributed by atoms with E-state index in [1.165, 1.54) is 0 Å². The molecule has 10 heteroatoms. The molecule has 1 aromatic rings. The van der Waals surface area contributed by atoms with Crippen molar-refractivity contribution in [1.29, 1.82) is 0 Å². The van der Waals surface area contributed by atoms with Gasteiger partial charge in [-0.15, -0.1) is 10.2 Å². The Morgan fingerprint density at radius 1 is 1.14 bits per heavy atom. The minimum absolute atomic E-state index is 0.0736. The highest BCUT2D eigenvalue weighted by Gasteiger charge is 2.42. The molecule has 2 aliphatic heterocycles. The minimum atomic E-state index is -0.801. The number of carboxylic acid groups (broad SMARTS) is 2. The molecule has 10 nitrogen and oxygen atoms in total. The molecular formula is C19H30N6O4. The van der Waals surface area contributed by atoms with Crippen molar-refractivity contribution in [1.82, 2.24) is 30.4 Å². The van der Waals surface area contributed by atoms with Gasteiger partial charge in [0.05, 0.1) is 6.04 Å². The summed E-state index contributed by atoms with van der Waals surface area (Å²) in [6.45, 7) is 4.08. The lowest BCUT2D eigenvalue weighted by Crippen LogP contribution is -2.50. The highest BCUT2D eigenvalue weighted by atomic mass is 16.4. The van der Waals surface area contributed by atoms with Crippen molar-refractivity contribution in [2.75, 3.05) is 19.6 Å². The number of aliphatic carboxylic acids is 2. The number of tetrazole rings is 1. The lowest BCUT2D eigenvalue weighted by atomic mass is 9.69. The minimum Gasteiger partial charge on any atom is -0.480 e. The lowest BCUT2D eigenvalue weighted by molar-refractivity contribution is -0.143. The van der Waals surface area contributed by atoms with Gasteiger partial charge in [-0.25, -0.2) is 0 Å². The number of rotatable bonds is 6. The number of hydrogen-bond donors (Lipinski definition) is 3. The molecule has 160 valence electrons. The number of nitrogens with one attached hydrogen (secondary N) is 1. The third-order valence-electron chi connectivity index (χ3n) is 6.98. The molecule has 6 atom stereocenters. The van der Waals surface area contributed by atoms with Crippen LogP contribution >= 0.6 is 0 Å². The largest absolute Gasteiger partial charge is 0.480 e. The smallest absolute Gasteiger partial charge is 0.321 e. The zero-order valence-corrected chi connectivity index (χ0v) is 16.8. The summed E-state index contributed by atoms with van der Waals surface area (Å²) in [4.78, 5) is 26.8. The predicted octanol–water partition coefficient (Wildman–Crippen LogP) is 0.415. The molecule has 4 rings (SSSR count). The van der Waals surface area contributed by atoms with E-state index in [1.807, 2.05) is 6.92 Å². The van der Waals surface area contributed by atoms with Crippen LogP contribution < -0.4 is 5.32 Å². The number of carbonyl (C=O) groups is 2. The van der Waals surface area contributed by atoms with E-state index in [2.05, 4.69) is 25.6 Å². The highest BCUT2D eigenvalue weighted by molar-refractivity contribution is 5.74. The Morgan fingerprint density at radius 2 is 1.97 bits per heavy atom. The summed E-state index contributed by atoms with van der Waals surface area (Å²) in [6.07, 6.45) is 4.98. The molecule has 0 bridgehead atoms. The van der Waals surface area contributed by atoms with Crippen LogP contribution in [0.2, 0.25) is 0 Å². The van der Waals surface area contributed by atoms with Crippen LogP contribution in [-0.2, 0) is 16.0 Å². The maximum atomic E-state index is 11.9. The summed E-state index contributed by atoms with van der Waals surface area (Å²) in [6, 6.07) is -1.06. The molecule has 1 aliphatic carbocycles. The second kappa shape index (κ2) is 8.35. The molecule has 0 spiro atoms. The van der Waals surface area contributed by atoms with Crippen LogP contribution in [0.5, 0.6) is 0 Å². The maximum Gasteiger partial charge on any atom is 0.321 e. The Balaban J connectivity index is 1.39. The topological polar surface area (TPSA) is 133 Å². The van der Waals surface area contributed by atoms with E-state index in [-0.39, 0.29) is 6.04 Å². The van der Waals surface area contributed by atoms with Gasteiger partial charge in [-0.05, 0) is 61.6 Å². The molecular weight excluding hydrogens is 376 g/mol. The molecule has 3 fully saturated rings. The van der Waals surface area contributed by atoms with Gasteiger partial charge in [-0.3, -0.25) is 14.5 Å². The highest BCUT2D eigenvalue weighted by Crippen LogP contribution is 2.40. The van der Waals surface area contributed by atoms with Crippen LogP contribution in [0.15, 0.2) is 0 Å². The Labute approximate surface area is 169 Å². The third kappa shape index (κ3) is 4.28. The summed E-state index contributed by atoms with van der Waals surface area (Å²) in [5, 5.41) is 34.7. The fourth-order valence-electron chi connectivity index (χ4n) is 5.40. The van der Waals surface area contributed by atoms with E-state index < -0.39 is 24.0 Å². The summed E-state index contributed by atoms with van der Waals surface area (Å²) in [5.41, 5.74) is 0. The number of carboxylic acids is 2. The number of fused-ring (bicyclic) bond motifs is 1. The first-order valence-electron chi connectivity index (χ1n) is 10.7. The number of hydrogen-bond acceptors (Lipinski definition) is 7. The van der Waals surface area contributed by atoms with Gasteiger partial charge >= 0.3 is 11.9 Å². The second-order valence-electron chi connectivity index (χ2n) is 8.81. The predicted molar refractivity (Wildman–Crippen MR) is 102 cm³/mol. The molecule has 3 unspecified atom stereocenters. The van der Waals surface area contributed by atoms with Crippen LogP contribution in [0.25, 0.3) is 0 Å². The van der Waals surface area contributed by atoms with E-state index in [0.29, 0.717) is 49.4 Å². The van der Waals surface area contributed by atoms with Gasteiger partial charge in [0.15, 0.2) is 5.82 Å². The molecule has 0 amide bonds. The van der Waals surface area contributed by atoms with Gasteiger partial charge in [0, 0.05) is 19.5 Å². The van der Waals surface area contributed by atoms with E-state index in [9.17, 15) is 19.8 Å². The molecule has 2 saturated heterocycles. The van der Waals surface area contributed by atoms with Crippen molar-refractivity contribution >= 4 is 11.9 Å². The molecule has 0 radical (unpaired) electrons. The van der Waals surface area contributed by atoms with Crippen molar-refractivity contribution < 1.29 is 19.8 Å². The third-order valence-corrected chi connectivity index (χ3v) is 6.98. The lowest BCUT2D eigenvalue weighted by Gasteiger charge is -2.42. The second-order valence-corrected chi connectivity index (χ2v) is 8.81. The first-order valence-corrected chi connectivity index (χ1v) is 10.7. The van der Waals surface area contributed by atoms with E-state index in [4.69, 9.17) is 0 Å². The van der Waals surface area contributed by atoms with Crippen molar-refractivity contribution in [2.45, 2.75) is 63.6 Å². The van der Waals surface area contributed by atoms with Crippen LogP contribution in [0, 0.1) is 17.8 Å². The van der Waals surface area contributed by atoms with Crippen LogP contribution in [-0.4, -0.2) is 79.0 Å². The van der Waals surface area contributed by atoms with Gasteiger partial charge in [-0.2, -0.15) is 4.80 Å². The standard InChI is InChI=1S/C19H30N6O4/c1-2-17-21-23-25(22-17)14-7-16(19(28)29)24(10-14)9-11-3-4-12-8-20-15(18(26)27)6-13(12)5-11/h11-16,20H,2-10H2,1H3,(H,26,27)(H,28,29)/t11?,12-,13?,14-,15?,16-/m0/s1. The summed E-state index contributed by atoms with van der Waals surface area (Å²) >= 11 is 0. The Kier molecular flexibility index (Phi) is 5.82. The average molecular weight is 406 g/mol. The average Bonchev–Trinajstić information content (AvgIpc) is 3.34. The van der Waals surface area contributed by atoms with Crippen molar-refractivity contribution in [2.24, 2.45) is 17.8 Å². The number of likely N-dealkylation sites (tertiary alicyclic amines) is 1. The van der Waals surface area contributed by atoms with E-state index in [0.717, 1.165) is 32.4 Å². The van der Waals surface area contributed by atoms with Crippen molar-refractivity contribution in [3.05, 3.63) is 5.82 Å². The number of aromatic nitrogens is 4. The summed E-state index contributed by atoms with van der Waals surface area (Å²) in [5.74, 6) is 0.444. The van der Waals surface area contributed by atoms with Gasteiger partial charge in [0.25, 0.3) is 0 Å². The fraction of sp³-hybridized carbons (Fsp3) is 0.842. The molecule has 1 saturated carbocycles. The van der Waals surface area contributed by atoms with Crippen molar-refractivity contribution in [3.8, 4) is 0 Å². The van der Waals surface area contributed by atoms with E-state index >= 15 is 0 Å². The number of piperidine rings is 1. The van der Waals surface area contributed by atoms with Gasteiger partial charge < -0.3 is 15.5 Å². The first kappa shape index (κ1) is 20.2. The quantitative estimate of drug-likeness (QED) is 0.614. The SMILES string of the molecule is CCc1nnn([C@H]2C[C@@H](C(=O)O)N(CC3CC[C@H]4CNC(C(=O)O)CC4C3)C2)n1. The number of aryl methyl sites for hydroxylation is 1. The van der Waals surface area contributed by atoms with Crippen LogP contribution in [0.3, 0.4) is 0 Å². The van der Waals surface area contributed by atoms with E-state index in [1.54, 1.807) is 4.80 Å². The zero-order valence-electron chi connectivity index (χ0n) is 16.8. The first-order chi connectivity index (χ1) is 13.9. The molecule has 3 heterocycles.